The van der Waals surface area contributed by atoms with Crippen molar-refractivity contribution in [3.05, 3.63) is 58.9 Å². The third-order valence-electron chi connectivity index (χ3n) is 4.12. The summed E-state index contributed by atoms with van der Waals surface area (Å²) in [4.78, 5) is 35.7. The van der Waals surface area contributed by atoms with Gasteiger partial charge in [-0.25, -0.2) is 0 Å². The molecule has 0 bridgehead atoms. The molecule has 3 aromatic rings. The average Bonchev–Trinajstić information content (AvgIpc) is 2.68. The summed E-state index contributed by atoms with van der Waals surface area (Å²) >= 11 is 0. The fourth-order valence-corrected chi connectivity index (χ4v) is 2.81. The lowest BCUT2D eigenvalue weighted by Crippen LogP contribution is -2.19. The van der Waals surface area contributed by atoms with Crippen LogP contribution in [-0.4, -0.2) is 28.7 Å². The number of ether oxygens (including phenoxy) is 1. The Kier molecular flexibility index (Phi) is 5.69. The highest BCUT2D eigenvalue weighted by molar-refractivity contribution is 5.99. The molecule has 0 aliphatic carbocycles. The smallest absolute Gasteiger partial charge is 0.226 e. The predicted molar refractivity (Wildman–Crippen MR) is 107 cm³/mol. The van der Waals surface area contributed by atoms with E-state index in [1.54, 1.807) is 41.1 Å². The molecule has 0 fully saturated rings. The molecule has 0 spiro atoms. The van der Waals surface area contributed by atoms with E-state index in [0.29, 0.717) is 34.6 Å². The molecule has 2 N–H and O–H groups in total. The van der Waals surface area contributed by atoms with Gasteiger partial charge in [0.25, 0.3) is 0 Å². The van der Waals surface area contributed by atoms with E-state index in [9.17, 15) is 14.4 Å². The van der Waals surface area contributed by atoms with E-state index in [-0.39, 0.29) is 23.7 Å². The van der Waals surface area contributed by atoms with Crippen molar-refractivity contribution in [2.24, 2.45) is 0 Å². The van der Waals surface area contributed by atoms with Gasteiger partial charge in [-0.15, -0.1) is 0 Å². The number of aromatic nitrogens is 2. The maximum Gasteiger partial charge on any atom is 0.226 e. The summed E-state index contributed by atoms with van der Waals surface area (Å²) in [7, 11) is 1.52. The molecule has 2 amide bonds. The van der Waals surface area contributed by atoms with Gasteiger partial charge in [0.2, 0.25) is 17.2 Å². The molecule has 144 valence electrons. The Morgan fingerprint density at radius 2 is 1.89 bits per heavy atom. The quantitative estimate of drug-likeness (QED) is 0.684. The maximum absolute atomic E-state index is 12.5. The van der Waals surface area contributed by atoms with E-state index in [4.69, 9.17) is 4.74 Å². The second-order valence-corrected chi connectivity index (χ2v) is 6.14. The summed E-state index contributed by atoms with van der Waals surface area (Å²) in [5, 5.41) is 10.1. The van der Waals surface area contributed by atoms with Crippen LogP contribution in [0.5, 0.6) is 5.75 Å². The first-order valence-electron chi connectivity index (χ1n) is 8.68. The monoisotopic (exact) mass is 380 g/mol. The minimum absolute atomic E-state index is 0.136. The molecule has 28 heavy (non-hydrogen) atoms. The van der Waals surface area contributed by atoms with Crippen LogP contribution in [0.1, 0.15) is 13.3 Å². The van der Waals surface area contributed by atoms with Crippen LogP contribution in [-0.2, 0) is 16.1 Å². The number of rotatable bonds is 6. The molecule has 1 aromatic heterocycles. The molecule has 2 aromatic carbocycles. The summed E-state index contributed by atoms with van der Waals surface area (Å²) in [5.41, 5.74) is 1.43. The van der Waals surface area contributed by atoms with Crippen LogP contribution in [0.3, 0.4) is 0 Å². The molecule has 0 aliphatic rings. The second kappa shape index (κ2) is 8.34. The molecule has 1 heterocycles. The molecular weight excluding hydrogens is 360 g/mol. The number of fused-ring (bicyclic) bond motifs is 1. The summed E-state index contributed by atoms with van der Waals surface area (Å²) in [6, 6.07) is 12.1. The van der Waals surface area contributed by atoms with Crippen LogP contribution in [0.15, 0.2) is 53.5 Å². The topological polar surface area (TPSA) is 102 Å². The van der Waals surface area contributed by atoms with Gasteiger partial charge >= 0.3 is 0 Å². The van der Waals surface area contributed by atoms with Gasteiger partial charge in [0, 0.05) is 24.8 Å². The molecule has 0 saturated carbocycles. The number of methoxy groups -OCH3 is 1. The van der Waals surface area contributed by atoms with E-state index in [2.05, 4.69) is 15.7 Å². The Labute approximate surface area is 161 Å². The van der Waals surface area contributed by atoms with Crippen molar-refractivity contribution in [3.63, 3.8) is 0 Å². The molecule has 0 unspecified atom stereocenters. The Bertz CT molecular complexity index is 1090. The predicted octanol–water partition coefficient (Wildman–Crippen LogP) is 2.39. The van der Waals surface area contributed by atoms with Crippen molar-refractivity contribution in [2.75, 3.05) is 17.7 Å². The number of hydrogen-bond donors (Lipinski definition) is 2. The largest absolute Gasteiger partial charge is 0.497 e. The van der Waals surface area contributed by atoms with E-state index >= 15 is 0 Å². The second-order valence-electron chi connectivity index (χ2n) is 6.14. The molecular formula is C20H20N4O4. The van der Waals surface area contributed by atoms with Gasteiger partial charge in [-0.05, 0) is 24.3 Å². The number of anilines is 2. The van der Waals surface area contributed by atoms with Gasteiger partial charge in [0.15, 0.2) is 0 Å². The SMILES string of the molecule is COc1ccc(NC(C)=O)c(NC(=O)CCn2ncc(=O)c3ccccc32)c1. The van der Waals surface area contributed by atoms with Crippen molar-refractivity contribution in [3.8, 4) is 5.75 Å². The van der Waals surface area contributed by atoms with Gasteiger partial charge in [0.1, 0.15) is 5.75 Å². The first kappa shape index (κ1) is 19.1. The number of para-hydroxylation sites is 1. The summed E-state index contributed by atoms with van der Waals surface area (Å²) in [5.74, 6) is 0.0477. The van der Waals surface area contributed by atoms with Crippen LogP contribution in [0, 0.1) is 0 Å². The van der Waals surface area contributed by atoms with Crippen molar-refractivity contribution in [2.45, 2.75) is 19.9 Å². The van der Waals surface area contributed by atoms with E-state index in [1.165, 1.54) is 20.2 Å². The highest BCUT2D eigenvalue weighted by Gasteiger charge is 2.11. The maximum atomic E-state index is 12.5. The molecule has 0 saturated heterocycles. The zero-order chi connectivity index (χ0) is 20.1. The molecule has 8 nitrogen and oxygen atoms in total. The molecule has 0 aliphatic heterocycles. The van der Waals surface area contributed by atoms with Crippen molar-refractivity contribution < 1.29 is 14.3 Å². The Hall–Kier alpha value is -3.68. The lowest BCUT2D eigenvalue weighted by atomic mass is 10.2. The third kappa shape index (κ3) is 4.35. The van der Waals surface area contributed by atoms with Gasteiger partial charge < -0.3 is 15.4 Å². The summed E-state index contributed by atoms with van der Waals surface area (Å²) in [6.07, 6.45) is 1.38. The number of carbonyl (C=O) groups excluding carboxylic acids is 2. The zero-order valence-corrected chi connectivity index (χ0v) is 15.6. The molecule has 0 radical (unpaired) electrons. The van der Waals surface area contributed by atoms with Gasteiger partial charge in [0.05, 0.1) is 36.7 Å². The number of amides is 2. The van der Waals surface area contributed by atoms with E-state index < -0.39 is 0 Å². The van der Waals surface area contributed by atoms with Crippen LogP contribution >= 0.6 is 0 Å². The lowest BCUT2D eigenvalue weighted by Gasteiger charge is -2.14. The minimum atomic E-state index is -0.260. The number of benzene rings is 2. The molecule has 3 rings (SSSR count). The average molecular weight is 380 g/mol. The van der Waals surface area contributed by atoms with Crippen molar-refractivity contribution in [1.29, 1.82) is 0 Å². The summed E-state index contributed by atoms with van der Waals surface area (Å²) < 4.78 is 6.80. The Morgan fingerprint density at radius 3 is 2.64 bits per heavy atom. The van der Waals surface area contributed by atoms with E-state index in [0.717, 1.165) is 0 Å². The highest BCUT2D eigenvalue weighted by atomic mass is 16.5. The number of carbonyl (C=O) groups is 2. The Balaban J connectivity index is 1.76. The summed E-state index contributed by atoms with van der Waals surface area (Å²) in [6.45, 7) is 1.69. The van der Waals surface area contributed by atoms with Crippen LogP contribution in [0.25, 0.3) is 10.9 Å². The van der Waals surface area contributed by atoms with Crippen LogP contribution < -0.4 is 20.8 Å². The van der Waals surface area contributed by atoms with E-state index in [1.807, 2.05) is 6.07 Å². The minimum Gasteiger partial charge on any atom is -0.497 e. The first-order chi connectivity index (χ1) is 13.5. The molecule has 0 atom stereocenters. The molecule has 8 heteroatoms. The van der Waals surface area contributed by atoms with Gasteiger partial charge in [-0.2, -0.15) is 5.10 Å². The Morgan fingerprint density at radius 1 is 1.11 bits per heavy atom. The van der Waals surface area contributed by atoms with Crippen molar-refractivity contribution in [1.82, 2.24) is 9.78 Å². The first-order valence-corrected chi connectivity index (χ1v) is 8.68. The lowest BCUT2D eigenvalue weighted by molar-refractivity contribution is -0.116. The van der Waals surface area contributed by atoms with Crippen molar-refractivity contribution >= 4 is 34.1 Å². The fraction of sp³-hybridized carbons (Fsp3) is 0.200. The van der Waals surface area contributed by atoms with Crippen LogP contribution in [0.2, 0.25) is 0 Å². The van der Waals surface area contributed by atoms with Gasteiger partial charge in [-0.3, -0.25) is 19.1 Å². The fourth-order valence-electron chi connectivity index (χ4n) is 2.81. The number of nitrogens with one attached hydrogen (secondary N) is 2. The zero-order valence-electron chi connectivity index (χ0n) is 15.6. The van der Waals surface area contributed by atoms with Crippen LogP contribution in [0.4, 0.5) is 11.4 Å². The van der Waals surface area contributed by atoms with Gasteiger partial charge in [-0.1, -0.05) is 12.1 Å². The standard InChI is InChI=1S/C20H20N4O4/c1-13(25)22-16-8-7-14(28-2)11-17(16)23-20(27)9-10-24-18-6-4-3-5-15(18)19(26)12-21-24/h3-8,11-12H,9-10H2,1-2H3,(H,22,25)(H,23,27). The number of aryl methyl sites for hydroxylation is 1. The number of hydrogen-bond acceptors (Lipinski definition) is 5. The highest BCUT2D eigenvalue weighted by Crippen LogP contribution is 2.27. The normalized spacial score (nSPS) is 10.5. The number of nitrogens with zero attached hydrogens (tertiary/aromatic N) is 2. The third-order valence-corrected chi connectivity index (χ3v) is 4.12.